The lowest BCUT2D eigenvalue weighted by Gasteiger charge is -2.16. The second-order valence-electron chi connectivity index (χ2n) is 8.07. The van der Waals surface area contributed by atoms with E-state index in [1.807, 2.05) is 60.8 Å². The van der Waals surface area contributed by atoms with E-state index in [1.165, 1.54) is 0 Å². The first-order valence-electron chi connectivity index (χ1n) is 11.3. The molecule has 0 fully saturated rings. The van der Waals surface area contributed by atoms with Gasteiger partial charge in [0, 0.05) is 36.3 Å². The summed E-state index contributed by atoms with van der Waals surface area (Å²) in [4.78, 5) is 16.4. The number of aromatic nitrogens is 2. The summed E-state index contributed by atoms with van der Waals surface area (Å²) in [6, 6.07) is 17.3. The molecule has 0 saturated carbocycles. The van der Waals surface area contributed by atoms with Crippen LogP contribution in [0.3, 0.4) is 0 Å². The third kappa shape index (κ3) is 6.94. The van der Waals surface area contributed by atoms with Crippen LogP contribution >= 0.6 is 11.6 Å². The van der Waals surface area contributed by atoms with Gasteiger partial charge in [-0.25, -0.2) is 4.98 Å². The van der Waals surface area contributed by atoms with Gasteiger partial charge < -0.3 is 15.0 Å². The van der Waals surface area contributed by atoms with E-state index in [0.717, 1.165) is 53.4 Å². The van der Waals surface area contributed by atoms with Crippen LogP contribution in [0.2, 0.25) is 5.02 Å². The highest BCUT2D eigenvalue weighted by molar-refractivity contribution is 6.31. The van der Waals surface area contributed by atoms with Crippen LogP contribution in [-0.2, 0) is 30.6 Å². The Bertz CT molecular complexity index is 988. The molecule has 1 aromatic heterocycles. The molecule has 0 saturated heterocycles. The Morgan fingerprint density at radius 1 is 1.09 bits per heavy atom. The Labute approximate surface area is 195 Å². The molecule has 3 aromatic rings. The highest BCUT2D eigenvalue weighted by atomic mass is 35.5. The Kier molecular flexibility index (Phi) is 9.32. The van der Waals surface area contributed by atoms with E-state index in [0.29, 0.717) is 25.9 Å². The number of imidazole rings is 1. The van der Waals surface area contributed by atoms with Gasteiger partial charge in [-0.2, -0.15) is 0 Å². The van der Waals surface area contributed by atoms with E-state index in [2.05, 4.69) is 21.8 Å². The molecule has 5 nitrogen and oxygen atoms in total. The molecule has 6 heteroatoms. The smallest absolute Gasteiger partial charge is 0.320 e. The van der Waals surface area contributed by atoms with Crippen molar-refractivity contribution in [2.45, 2.75) is 58.0 Å². The third-order valence-electron chi connectivity index (χ3n) is 5.70. The highest BCUT2D eigenvalue weighted by Gasteiger charge is 2.17. The van der Waals surface area contributed by atoms with Crippen LogP contribution in [0, 0.1) is 0 Å². The zero-order chi connectivity index (χ0) is 22.8. The van der Waals surface area contributed by atoms with Crippen molar-refractivity contribution in [2.75, 3.05) is 6.54 Å². The van der Waals surface area contributed by atoms with Gasteiger partial charge in [0.15, 0.2) is 0 Å². The summed E-state index contributed by atoms with van der Waals surface area (Å²) < 4.78 is 2.23. The zero-order valence-corrected chi connectivity index (χ0v) is 19.4. The summed E-state index contributed by atoms with van der Waals surface area (Å²) in [5, 5.41) is 13.6. The molecular formula is C26H32ClN3O2. The van der Waals surface area contributed by atoms with Crippen LogP contribution in [0.4, 0.5) is 0 Å². The molecule has 0 bridgehead atoms. The van der Waals surface area contributed by atoms with Crippen LogP contribution in [0.25, 0.3) is 0 Å². The summed E-state index contributed by atoms with van der Waals surface area (Å²) in [6.07, 6.45) is 7.02. The highest BCUT2D eigenvalue weighted by Crippen LogP contribution is 2.19. The lowest BCUT2D eigenvalue weighted by atomic mass is 10.1. The van der Waals surface area contributed by atoms with Crippen LogP contribution in [0.15, 0.2) is 60.8 Å². The topological polar surface area (TPSA) is 67.2 Å². The number of hydrogen-bond acceptors (Lipinski definition) is 3. The molecule has 32 heavy (non-hydrogen) atoms. The van der Waals surface area contributed by atoms with Crippen molar-refractivity contribution in [3.63, 3.8) is 0 Å². The van der Waals surface area contributed by atoms with Crippen LogP contribution in [0.1, 0.15) is 48.8 Å². The van der Waals surface area contributed by atoms with E-state index in [-0.39, 0.29) is 0 Å². The molecule has 0 radical (unpaired) electrons. The zero-order valence-electron chi connectivity index (χ0n) is 18.6. The predicted octanol–water partition coefficient (Wildman–Crippen LogP) is 5.15. The van der Waals surface area contributed by atoms with Gasteiger partial charge in [0.05, 0.1) is 6.54 Å². The lowest BCUT2D eigenvalue weighted by molar-refractivity contribution is -0.139. The number of unbranched alkanes of at least 4 members (excludes halogenated alkanes) is 1. The number of halogens is 1. The summed E-state index contributed by atoms with van der Waals surface area (Å²) in [5.74, 6) is 0.245. The van der Waals surface area contributed by atoms with Gasteiger partial charge >= 0.3 is 5.97 Å². The summed E-state index contributed by atoms with van der Waals surface area (Å²) in [5.41, 5.74) is 3.31. The number of hydrogen-bond donors (Lipinski definition) is 2. The SMILES string of the molecule is CCCCc1ncc(CCN[C@H](CCc2ccccc2)C(=O)O)n1Cc1ccccc1Cl. The minimum Gasteiger partial charge on any atom is -0.480 e. The number of benzene rings is 2. The number of nitrogens with zero attached hydrogens (tertiary/aromatic N) is 2. The Hall–Kier alpha value is -2.63. The Balaban J connectivity index is 1.64. The van der Waals surface area contributed by atoms with Crippen molar-refractivity contribution in [1.29, 1.82) is 0 Å². The first-order valence-corrected chi connectivity index (χ1v) is 11.7. The molecule has 3 rings (SSSR count). The molecule has 1 heterocycles. The standard InChI is InChI=1S/C26H32ClN3O2/c1-2-3-13-25-29-18-22(30(25)19-21-11-7-8-12-23(21)27)16-17-28-24(26(31)32)15-14-20-9-5-4-6-10-20/h4-12,18,24,28H,2-3,13-17,19H2,1H3,(H,31,32)/t24-/m1/s1. The van der Waals surface area contributed by atoms with Crippen molar-refractivity contribution < 1.29 is 9.90 Å². The third-order valence-corrected chi connectivity index (χ3v) is 6.06. The van der Waals surface area contributed by atoms with Gasteiger partial charge in [0.25, 0.3) is 0 Å². The maximum absolute atomic E-state index is 11.7. The van der Waals surface area contributed by atoms with E-state index in [4.69, 9.17) is 11.6 Å². The van der Waals surface area contributed by atoms with Gasteiger partial charge in [-0.3, -0.25) is 4.79 Å². The van der Waals surface area contributed by atoms with Gasteiger partial charge in [0.2, 0.25) is 0 Å². The fourth-order valence-corrected chi connectivity index (χ4v) is 4.02. The second kappa shape index (κ2) is 12.4. The van der Waals surface area contributed by atoms with E-state index in [9.17, 15) is 9.90 Å². The van der Waals surface area contributed by atoms with E-state index >= 15 is 0 Å². The van der Waals surface area contributed by atoms with Gasteiger partial charge in [-0.15, -0.1) is 0 Å². The Morgan fingerprint density at radius 2 is 1.84 bits per heavy atom. The van der Waals surface area contributed by atoms with Crippen molar-refractivity contribution in [1.82, 2.24) is 14.9 Å². The average Bonchev–Trinajstić information content (AvgIpc) is 3.17. The van der Waals surface area contributed by atoms with Crippen molar-refractivity contribution in [3.8, 4) is 0 Å². The average molecular weight is 454 g/mol. The molecular weight excluding hydrogens is 422 g/mol. The maximum atomic E-state index is 11.7. The summed E-state index contributed by atoms with van der Waals surface area (Å²) in [7, 11) is 0. The van der Waals surface area contributed by atoms with Crippen molar-refractivity contribution in [3.05, 3.63) is 88.5 Å². The number of aliphatic carboxylic acids is 1. The summed E-state index contributed by atoms with van der Waals surface area (Å²) >= 11 is 6.40. The van der Waals surface area contributed by atoms with Gasteiger partial charge in [-0.1, -0.05) is 73.5 Å². The first kappa shape index (κ1) is 24.0. The molecule has 1 atom stereocenters. The van der Waals surface area contributed by atoms with Crippen molar-refractivity contribution >= 4 is 17.6 Å². The molecule has 0 aliphatic rings. The van der Waals surface area contributed by atoms with Gasteiger partial charge in [-0.05, 0) is 36.5 Å². The molecule has 0 aliphatic heterocycles. The van der Waals surface area contributed by atoms with E-state index in [1.54, 1.807) is 0 Å². The number of nitrogens with one attached hydrogen (secondary N) is 1. The van der Waals surface area contributed by atoms with Gasteiger partial charge in [0.1, 0.15) is 11.9 Å². The Morgan fingerprint density at radius 3 is 2.56 bits per heavy atom. The number of carbonyl (C=O) groups is 1. The van der Waals surface area contributed by atoms with Crippen LogP contribution in [-0.4, -0.2) is 33.2 Å². The van der Waals surface area contributed by atoms with Crippen LogP contribution < -0.4 is 5.32 Å². The number of carboxylic acids is 1. The quantitative estimate of drug-likeness (QED) is 0.375. The fourth-order valence-electron chi connectivity index (χ4n) is 3.82. The molecule has 0 spiro atoms. The van der Waals surface area contributed by atoms with Crippen LogP contribution in [0.5, 0.6) is 0 Å². The van der Waals surface area contributed by atoms with Crippen molar-refractivity contribution in [2.24, 2.45) is 0 Å². The molecule has 2 aromatic carbocycles. The number of aryl methyl sites for hydroxylation is 2. The van der Waals surface area contributed by atoms with E-state index < -0.39 is 12.0 Å². The fraction of sp³-hybridized carbons (Fsp3) is 0.385. The largest absolute Gasteiger partial charge is 0.480 e. The molecule has 2 N–H and O–H groups in total. The molecule has 0 unspecified atom stereocenters. The molecule has 170 valence electrons. The minimum atomic E-state index is -0.811. The molecule has 0 amide bonds. The lowest BCUT2D eigenvalue weighted by Crippen LogP contribution is -2.38. The normalized spacial score (nSPS) is 12.1. The predicted molar refractivity (Wildman–Crippen MR) is 129 cm³/mol. The second-order valence-corrected chi connectivity index (χ2v) is 8.47. The minimum absolute atomic E-state index is 0.556. The number of carboxylic acid groups (broad SMARTS) is 1. The first-order chi connectivity index (χ1) is 15.6. The summed E-state index contributed by atoms with van der Waals surface area (Å²) in [6.45, 7) is 3.42. The monoisotopic (exact) mass is 453 g/mol. The number of rotatable bonds is 13. The molecule has 0 aliphatic carbocycles. The maximum Gasteiger partial charge on any atom is 0.320 e.